The van der Waals surface area contributed by atoms with E-state index in [0.717, 1.165) is 27.3 Å². The maximum absolute atomic E-state index is 10.8. The van der Waals surface area contributed by atoms with Crippen LogP contribution in [0, 0.1) is 13.8 Å². The lowest BCUT2D eigenvalue weighted by atomic mass is 10.0. The Morgan fingerprint density at radius 1 is 1.41 bits per heavy atom. The van der Waals surface area contributed by atoms with Gasteiger partial charge in [0.1, 0.15) is 0 Å². The van der Waals surface area contributed by atoms with E-state index in [1.807, 2.05) is 26.0 Å². The summed E-state index contributed by atoms with van der Waals surface area (Å²) >= 11 is 1.40. The molecule has 88 valence electrons. The van der Waals surface area contributed by atoms with Crippen LogP contribution in [0.5, 0.6) is 0 Å². The summed E-state index contributed by atoms with van der Waals surface area (Å²) in [5, 5.41) is 8.86. The van der Waals surface area contributed by atoms with Crippen molar-refractivity contribution in [2.45, 2.75) is 20.3 Å². The standard InChI is InChI=1S/C13H13NO2S/c1-8-3-4-9(2)10(5-8)13-11(6-12(15)16)17-7-14-13/h3-5,7H,6H2,1-2H3,(H,15,16). The van der Waals surface area contributed by atoms with E-state index in [-0.39, 0.29) is 6.42 Å². The van der Waals surface area contributed by atoms with Crippen LogP contribution < -0.4 is 0 Å². The number of hydrogen-bond acceptors (Lipinski definition) is 3. The molecule has 1 aromatic carbocycles. The molecular formula is C13H13NO2S. The quantitative estimate of drug-likeness (QED) is 0.906. The van der Waals surface area contributed by atoms with Crippen LogP contribution in [0.3, 0.4) is 0 Å². The Labute approximate surface area is 104 Å². The largest absolute Gasteiger partial charge is 0.481 e. The second kappa shape index (κ2) is 4.67. The highest BCUT2D eigenvalue weighted by Gasteiger charge is 2.13. The van der Waals surface area contributed by atoms with Crippen molar-refractivity contribution in [2.24, 2.45) is 0 Å². The Kier molecular flexibility index (Phi) is 3.24. The van der Waals surface area contributed by atoms with E-state index in [9.17, 15) is 4.79 Å². The molecule has 1 N–H and O–H groups in total. The van der Waals surface area contributed by atoms with Gasteiger partial charge in [0.2, 0.25) is 0 Å². The maximum atomic E-state index is 10.8. The molecule has 0 radical (unpaired) electrons. The molecule has 2 rings (SSSR count). The van der Waals surface area contributed by atoms with Crippen molar-refractivity contribution >= 4 is 17.3 Å². The van der Waals surface area contributed by atoms with Crippen molar-refractivity contribution in [3.63, 3.8) is 0 Å². The molecule has 0 fully saturated rings. The number of benzene rings is 1. The number of carboxylic acid groups (broad SMARTS) is 1. The van der Waals surface area contributed by atoms with Crippen molar-refractivity contribution in [3.05, 3.63) is 39.7 Å². The molecule has 0 spiro atoms. The zero-order valence-corrected chi connectivity index (χ0v) is 10.5. The fourth-order valence-electron chi connectivity index (χ4n) is 1.74. The van der Waals surface area contributed by atoms with Crippen LogP contribution in [0.15, 0.2) is 23.7 Å². The minimum Gasteiger partial charge on any atom is -0.481 e. The second-order valence-electron chi connectivity index (χ2n) is 4.01. The van der Waals surface area contributed by atoms with Gasteiger partial charge >= 0.3 is 5.97 Å². The van der Waals surface area contributed by atoms with Crippen molar-refractivity contribution in [1.82, 2.24) is 4.98 Å². The summed E-state index contributed by atoms with van der Waals surface area (Å²) in [6.45, 7) is 4.03. The number of aliphatic carboxylic acids is 1. The van der Waals surface area contributed by atoms with E-state index in [2.05, 4.69) is 11.1 Å². The van der Waals surface area contributed by atoms with Crippen LogP contribution >= 0.6 is 11.3 Å². The molecule has 0 atom stereocenters. The van der Waals surface area contributed by atoms with Crippen LogP contribution in [0.2, 0.25) is 0 Å². The summed E-state index contributed by atoms with van der Waals surface area (Å²) < 4.78 is 0. The van der Waals surface area contributed by atoms with Gasteiger partial charge in [-0.2, -0.15) is 0 Å². The number of carboxylic acids is 1. The topological polar surface area (TPSA) is 50.2 Å². The van der Waals surface area contributed by atoms with Gasteiger partial charge < -0.3 is 5.11 Å². The van der Waals surface area contributed by atoms with Gasteiger partial charge in [0.15, 0.2) is 0 Å². The minimum absolute atomic E-state index is 0.0351. The number of hydrogen-bond donors (Lipinski definition) is 1. The highest BCUT2D eigenvalue weighted by Crippen LogP contribution is 2.29. The Hall–Kier alpha value is -1.68. The first kappa shape index (κ1) is 11.8. The van der Waals surface area contributed by atoms with Crippen molar-refractivity contribution in [1.29, 1.82) is 0 Å². The Balaban J connectivity index is 2.49. The van der Waals surface area contributed by atoms with E-state index >= 15 is 0 Å². The number of rotatable bonds is 3. The molecule has 2 aromatic rings. The molecule has 0 unspecified atom stereocenters. The van der Waals surface area contributed by atoms with Gasteiger partial charge in [-0.15, -0.1) is 11.3 Å². The predicted octanol–water partition coefficient (Wildman–Crippen LogP) is 3.05. The molecule has 0 saturated carbocycles. The summed E-state index contributed by atoms with van der Waals surface area (Å²) in [4.78, 5) is 15.9. The van der Waals surface area contributed by atoms with Crippen molar-refractivity contribution < 1.29 is 9.90 Å². The van der Waals surface area contributed by atoms with E-state index in [0.29, 0.717) is 0 Å². The lowest BCUT2D eigenvalue weighted by molar-refractivity contribution is -0.136. The second-order valence-corrected chi connectivity index (χ2v) is 4.95. The average Bonchev–Trinajstić information content (AvgIpc) is 2.69. The number of aryl methyl sites for hydroxylation is 2. The summed E-state index contributed by atoms with van der Waals surface area (Å²) in [6, 6.07) is 6.13. The molecule has 0 bridgehead atoms. The summed E-state index contributed by atoms with van der Waals surface area (Å²) in [7, 11) is 0. The average molecular weight is 247 g/mol. The smallest absolute Gasteiger partial charge is 0.308 e. The molecule has 0 amide bonds. The van der Waals surface area contributed by atoms with E-state index in [1.54, 1.807) is 5.51 Å². The fraction of sp³-hybridized carbons (Fsp3) is 0.231. The first-order valence-electron chi connectivity index (χ1n) is 5.29. The summed E-state index contributed by atoms with van der Waals surface area (Å²) in [5.41, 5.74) is 5.81. The highest BCUT2D eigenvalue weighted by molar-refractivity contribution is 7.10. The molecule has 1 aromatic heterocycles. The van der Waals surface area contributed by atoms with Gasteiger partial charge in [0.05, 0.1) is 17.6 Å². The van der Waals surface area contributed by atoms with E-state index in [4.69, 9.17) is 5.11 Å². The van der Waals surface area contributed by atoms with Gasteiger partial charge in [-0.05, 0) is 25.5 Å². The van der Waals surface area contributed by atoms with Crippen LogP contribution in [-0.2, 0) is 11.2 Å². The Morgan fingerprint density at radius 3 is 2.88 bits per heavy atom. The normalized spacial score (nSPS) is 10.5. The van der Waals surface area contributed by atoms with Gasteiger partial charge in [-0.1, -0.05) is 17.7 Å². The number of nitrogens with zero attached hydrogens (tertiary/aromatic N) is 1. The number of carbonyl (C=O) groups is 1. The van der Waals surface area contributed by atoms with Crippen molar-refractivity contribution in [2.75, 3.05) is 0 Å². The predicted molar refractivity (Wildman–Crippen MR) is 68.4 cm³/mol. The monoisotopic (exact) mass is 247 g/mol. The third kappa shape index (κ3) is 2.53. The molecular weight excluding hydrogens is 234 g/mol. The SMILES string of the molecule is Cc1ccc(C)c(-c2ncsc2CC(=O)O)c1. The first-order chi connectivity index (χ1) is 8.08. The van der Waals surface area contributed by atoms with Crippen LogP contribution in [0.4, 0.5) is 0 Å². The Bertz CT molecular complexity index is 560. The number of thiazole rings is 1. The fourth-order valence-corrected chi connectivity index (χ4v) is 2.51. The molecule has 0 aliphatic rings. The first-order valence-corrected chi connectivity index (χ1v) is 6.17. The van der Waals surface area contributed by atoms with Crippen LogP contribution in [-0.4, -0.2) is 16.1 Å². The maximum Gasteiger partial charge on any atom is 0.308 e. The third-order valence-electron chi connectivity index (χ3n) is 2.60. The third-order valence-corrected chi connectivity index (χ3v) is 3.43. The summed E-state index contributed by atoms with van der Waals surface area (Å²) in [5.74, 6) is -0.819. The van der Waals surface area contributed by atoms with Crippen LogP contribution in [0.25, 0.3) is 11.3 Å². The Morgan fingerprint density at radius 2 is 2.18 bits per heavy atom. The van der Waals surface area contributed by atoms with Crippen LogP contribution in [0.1, 0.15) is 16.0 Å². The molecule has 0 saturated heterocycles. The lowest BCUT2D eigenvalue weighted by Crippen LogP contribution is -2.00. The van der Waals surface area contributed by atoms with Crippen molar-refractivity contribution in [3.8, 4) is 11.3 Å². The number of aromatic nitrogens is 1. The summed E-state index contributed by atoms with van der Waals surface area (Å²) in [6.07, 6.45) is 0.0351. The van der Waals surface area contributed by atoms with Gasteiger partial charge in [0, 0.05) is 10.4 Å². The van der Waals surface area contributed by atoms with Gasteiger partial charge in [-0.25, -0.2) is 4.98 Å². The van der Waals surface area contributed by atoms with Gasteiger partial charge in [0.25, 0.3) is 0 Å². The van der Waals surface area contributed by atoms with E-state index in [1.165, 1.54) is 11.3 Å². The molecule has 3 nitrogen and oxygen atoms in total. The highest BCUT2D eigenvalue weighted by atomic mass is 32.1. The molecule has 0 aliphatic carbocycles. The molecule has 1 heterocycles. The van der Waals surface area contributed by atoms with Gasteiger partial charge in [-0.3, -0.25) is 4.79 Å². The zero-order valence-electron chi connectivity index (χ0n) is 9.73. The zero-order chi connectivity index (χ0) is 12.4. The molecule has 4 heteroatoms. The van der Waals surface area contributed by atoms with E-state index < -0.39 is 5.97 Å². The lowest BCUT2D eigenvalue weighted by Gasteiger charge is -2.06. The molecule has 17 heavy (non-hydrogen) atoms. The molecule has 0 aliphatic heterocycles. The minimum atomic E-state index is -0.819.